The molecule has 7 heteroatoms. The number of sulfonamides is 1. The minimum Gasteiger partial charge on any atom is -0.379 e. The van der Waals surface area contributed by atoms with Crippen LogP contribution < -0.4 is 5.32 Å². The van der Waals surface area contributed by atoms with Crippen molar-refractivity contribution in [2.45, 2.75) is 23.9 Å². The highest BCUT2D eigenvalue weighted by Gasteiger charge is 2.26. The number of hydrogen-bond acceptors (Lipinski definition) is 5. The van der Waals surface area contributed by atoms with E-state index in [-0.39, 0.29) is 0 Å². The van der Waals surface area contributed by atoms with Crippen LogP contribution in [0.3, 0.4) is 0 Å². The lowest BCUT2D eigenvalue weighted by molar-refractivity contribution is 0.0730. The maximum Gasteiger partial charge on any atom is 0.243 e. The first-order valence-corrected chi connectivity index (χ1v) is 10.2. The quantitative estimate of drug-likeness (QED) is 0.874. The van der Waals surface area contributed by atoms with Crippen molar-refractivity contribution in [3.05, 3.63) is 29.8 Å². The van der Waals surface area contributed by atoms with Gasteiger partial charge in [0.2, 0.25) is 10.0 Å². The Morgan fingerprint density at radius 3 is 2.59 bits per heavy atom. The summed E-state index contributed by atoms with van der Waals surface area (Å²) in [5.74, 6) is 2.40. The summed E-state index contributed by atoms with van der Waals surface area (Å²) in [6.45, 7) is 2.61. The third-order valence-corrected chi connectivity index (χ3v) is 7.13. The second-order valence-corrected chi connectivity index (χ2v) is 8.69. The molecule has 5 nitrogen and oxygen atoms in total. The molecule has 2 saturated heterocycles. The van der Waals surface area contributed by atoms with Crippen LogP contribution in [0.1, 0.15) is 12.0 Å². The number of nitrogens with zero attached hydrogens (tertiary/aromatic N) is 1. The summed E-state index contributed by atoms with van der Waals surface area (Å²) in [6.07, 6.45) is 1.22. The summed E-state index contributed by atoms with van der Waals surface area (Å²) in [5, 5.41) is 3.52. The number of ether oxygens (including phenoxy) is 1. The Labute approximate surface area is 136 Å². The van der Waals surface area contributed by atoms with E-state index in [0.717, 1.165) is 12.1 Å². The van der Waals surface area contributed by atoms with Crippen LogP contribution >= 0.6 is 11.8 Å². The fourth-order valence-electron chi connectivity index (χ4n) is 2.67. The number of benzene rings is 1. The zero-order valence-corrected chi connectivity index (χ0v) is 14.2. The Bertz CT molecular complexity index is 577. The number of rotatable bonds is 5. The Kier molecular flexibility index (Phi) is 5.41. The molecule has 1 aromatic rings. The van der Waals surface area contributed by atoms with Gasteiger partial charge in [-0.15, -0.1) is 0 Å². The molecule has 2 aliphatic rings. The van der Waals surface area contributed by atoms with E-state index in [4.69, 9.17) is 4.74 Å². The molecule has 1 aromatic carbocycles. The smallest absolute Gasteiger partial charge is 0.243 e. The van der Waals surface area contributed by atoms with E-state index >= 15 is 0 Å². The van der Waals surface area contributed by atoms with Gasteiger partial charge in [-0.1, -0.05) is 12.1 Å². The van der Waals surface area contributed by atoms with Crippen LogP contribution in [-0.4, -0.2) is 56.6 Å². The lowest BCUT2D eigenvalue weighted by Crippen LogP contribution is -2.40. The molecule has 0 amide bonds. The van der Waals surface area contributed by atoms with Crippen molar-refractivity contribution in [1.82, 2.24) is 9.62 Å². The maximum absolute atomic E-state index is 12.5. The first-order valence-electron chi connectivity index (χ1n) is 7.64. The molecule has 122 valence electrons. The third-order valence-electron chi connectivity index (χ3n) is 4.06. The second kappa shape index (κ2) is 7.31. The summed E-state index contributed by atoms with van der Waals surface area (Å²) in [7, 11) is -3.38. The SMILES string of the molecule is O=S(=O)(c1ccc(CNC2CCSC2)cc1)N1CCOCC1. The molecule has 0 aliphatic carbocycles. The van der Waals surface area contributed by atoms with Crippen LogP contribution in [0.5, 0.6) is 0 Å². The normalized spacial score (nSPS) is 23.7. The molecule has 0 spiro atoms. The third kappa shape index (κ3) is 3.83. The minimum atomic E-state index is -3.38. The minimum absolute atomic E-state index is 0.370. The monoisotopic (exact) mass is 342 g/mol. The van der Waals surface area contributed by atoms with Crippen molar-refractivity contribution in [2.24, 2.45) is 0 Å². The summed E-state index contributed by atoms with van der Waals surface area (Å²) >= 11 is 1.98. The first kappa shape index (κ1) is 16.3. The summed E-state index contributed by atoms with van der Waals surface area (Å²) in [6, 6.07) is 7.82. The number of thioether (sulfide) groups is 1. The van der Waals surface area contributed by atoms with Crippen LogP contribution in [0.15, 0.2) is 29.2 Å². The van der Waals surface area contributed by atoms with Gasteiger partial charge in [0.05, 0.1) is 18.1 Å². The first-order chi connectivity index (χ1) is 10.7. The van der Waals surface area contributed by atoms with Crippen LogP contribution in [0.4, 0.5) is 0 Å². The molecule has 3 rings (SSSR count). The molecule has 1 N–H and O–H groups in total. The molecule has 0 bridgehead atoms. The molecule has 0 saturated carbocycles. The van der Waals surface area contributed by atoms with E-state index in [0.29, 0.717) is 37.2 Å². The van der Waals surface area contributed by atoms with E-state index in [1.54, 1.807) is 12.1 Å². The van der Waals surface area contributed by atoms with Crippen LogP contribution in [-0.2, 0) is 21.3 Å². The molecule has 1 unspecified atom stereocenters. The summed E-state index contributed by atoms with van der Waals surface area (Å²) in [4.78, 5) is 0.370. The average molecular weight is 342 g/mol. The summed E-state index contributed by atoms with van der Waals surface area (Å²) < 4.78 is 31.7. The highest BCUT2D eigenvalue weighted by Crippen LogP contribution is 2.19. The zero-order chi connectivity index (χ0) is 15.4. The van der Waals surface area contributed by atoms with Crippen molar-refractivity contribution in [3.8, 4) is 0 Å². The standard InChI is InChI=1S/C15H22N2O3S2/c18-22(19,17-6-8-20-9-7-17)15-3-1-13(2-4-15)11-16-14-5-10-21-12-14/h1-4,14,16H,5-12H2. The molecular formula is C15H22N2O3S2. The van der Waals surface area contributed by atoms with Gasteiger partial charge in [0.1, 0.15) is 0 Å². The molecular weight excluding hydrogens is 320 g/mol. The van der Waals surface area contributed by atoms with Crippen molar-refractivity contribution >= 4 is 21.8 Å². The molecule has 22 heavy (non-hydrogen) atoms. The number of nitrogens with one attached hydrogen (secondary N) is 1. The van der Waals surface area contributed by atoms with Crippen LogP contribution in [0.2, 0.25) is 0 Å². The van der Waals surface area contributed by atoms with Crippen molar-refractivity contribution < 1.29 is 13.2 Å². The van der Waals surface area contributed by atoms with Crippen molar-refractivity contribution in [3.63, 3.8) is 0 Å². The summed E-state index contributed by atoms with van der Waals surface area (Å²) in [5.41, 5.74) is 1.12. The van der Waals surface area contributed by atoms with Gasteiger partial charge in [0.15, 0.2) is 0 Å². The van der Waals surface area contributed by atoms with E-state index in [1.807, 2.05) is 23.9 Å². The van der Waals surface area contributed by atoms with Gasteiger partial charge < -0.3 is 10.1 Å². The Hall–Kier alpha value is -0.600. The van der Waals surface area contributed by atoms with Gasteiger partial charge in [0.25, 0.3) is 0 Å². The highest BCUT2D eigenvalue weighted by atomic mass is 32.2. The van der Waals surface area contributed by atoms with Crippen LogP contribution in [0, 0.1) is 0 Å². The van der Waals surface area contributed by atoms with E-state index in [2.05, 4.69) is 5.32 Å². The lowest BCUT2D eigenvalue weighted by Gasteiger charge is -2.26. The highest BCUT2D eigenvalue weighted by molar-refractivity contribution is 7.99. The fraction of sp³-hybridized carbons (Fsp3) is 0.600. The Balaban J connectivity index is 1.62. The zero-order valence-electron chi connectivity index (χ0n) is 12.5. The predicted octanol–water partition coefficient (Wildman–Crippen LogP) is 1.30. The van der Waals surface area contributed by atoms with Crippen molar-refractivity contribution in [1.29, 1.82) is 0 Å². The van der Waals surface area contributed by atoms with Crippen molar-refractivity contribution in [2.75, 3.05) is 37.8 Å². The fourth-order valence-corrected chi connectivity index (χ4v) is 5.27. The van der Waals surface area contributed by atoms with Gasteiger partial charge in [-0.3, -0.25) is 0 Å². The molecule has 2 heterocycles. The van der Waals surface area contributed by atoms with Gasteiger partial charge in [0, 0.05) is 31.4 Å². The topological polar surface area (TPSA) is 58.6 Å². The largest absolute Gasteiger partial charge is 0.379 e. The number of morpholine rings is 1. The maximum atomic E-state index is 12.5. The molecule has 1 atom stereocenters. The second-order valence-electron chi connectivity index (χ2n) is 5.60. The van der Waals surface area contributed by atoms with Crippen LogP contribution in [0.25, 0.3) is 0 Å². The van der Waals surface area contributed by atoms with Gasteiger partial charge in [-0.05, 0) is 29.9 Å². The molecule has 0 aromatic heterocycles. The molecule has 0 radical (unpaired) electrons. The van der Waals surface area contributed by atoms with E-state index in [1.165, 1.54) is 22.2 Å². The lowest BCUT2D eigenvalue weighted by atomic mass is 10.2. The Morgan fingerprint density at radius 2 is 1.95 bits per heavy atom. The predicted molar refractivity (Wildman–Crippen MR) is 88.6 cm³/mol. The van der Waals surface area contributed by atoms with Gasteiger partial charge in [-0.2, -0.15) is 16.1 Å². The average Bonchev–Trinajstić information content (AvgIpc) is 3.08. The van der Waals surface area contributed by atoms with Gasteiger partial charge in [-0.25, -0.2) is 8.42 Å². The molecule has 2 aliphatic heterocycles. The van der Waals surface area contributed by atoms with E-state index < -0.39 is 10.0 Å². The Morgan fingerprint density at radius 1 is 1.23 bits per heavy atom. The number of hydrogen-bond donors (Lipinski definition) is 1. The van der Waals surface area contributed by atoms with E-state index in [9.17, 15) is 8.42 Å². The van der Waals surface area contributed by atoms with Gasteiger partial charge >= 0.3 is 0 Å². The molecule has 2 fully saturated rings.